The van der Waals surface area contributed by atoms with Crippen LogP contribution < -0.4 is 5.32 Å². The Morgan fingerprint density at radius 2 is 2.41 bits per heavy atom. The Morgan fingerprint density at radius 3 is 3.00 bits per heavy atom. The number of thiazole rings is 1. The molecule has 0 aliphatic carbocycles. The lowest BCUT2D eigenvalue weighted by Gasteiger charge is -2.13. The molecule has 0 saturated heterocycles. The average molecular weight is 263 g/mol. The van der Waals surface area contributed by atoms with Crippen LogP contribution in [0.25, 0.3) is 0 Å². The fourth-order valence-electron chi connectivity index (χ4n) is 1.57. The third kappa shape index (κ3) is 3.13. The van der Waals surface area contributed by atoms with Crippen molar-refractivity contribution >= 4 is 22.7 Å². The van der Waals surface area contributed by atoms with E-state index in [1.54, 1.807) is 22.7 Å². The van der Waals surface area contributed by atoms with Gasteiger partial charge in [0, 0.05) is 28.4 Å². The first-order valence-electron chi connectivity index (χ1n) is 5.43. The summed E-state index contributed by atoms with van der Waals surface area (Å²) < 4.78 is 0. The summed E-state index contributed by atoms with van der Waals surface area (Å²) in [6.07, 6.45) is 2.85. The number of nitriles is 1. The normalized spacial score (nSPS) is 12.2. The number of hydrogen-bond donors (Lipinski definition) is 1. The smallest absolute Gasteiger partial charge is 0.109 e. The van der Waals surface area contributed by atoms with E-state index in [0.29, 0.717) is 6.04 Å². The average Bonchev–Trinajstić information content (AvgIpc) is 3.00. The minimum absolute atomic E-state index is 0.308. The molecule has 0 saturated carbocycles. The van der Waals surface area contributed by atoms with Crippen molar-refractivity contribution in [3.8, 4) is 6.07 Å². The van der Waals surface area contributed by atoms with Gasteiger partial charge in [0.25, 0.3) is 0 Å². The summed E-state index contributed by atoms with van der Waals surface area (Å²) in [6.45, 7) is 2.94. The second-order valence-corrected chi connectivity index (χ2v) is 5.55. The molecule has 2 aromatic heterocycles. The first-order chi connectivity index (χ1) is 8.33. The lowest BCUT2D eigenvalue weighted by molar-refractivity contribution is 0.519. The van der Waals surface area contributed by atoms with Crippen LogP contribution in [0.3, 0.4) is 0 Å². The maximum atomic E-state index is 8.75. The van der Waals surface area contributed by atoms with Gasteiger partial charge in [-0.25, -0.2) is 4.98 Å². The summed E-state index contributed by atoms with van der Waals surface area (Å²) >= 11 is 3.30. The van der Waals surface area contributed by atoms with E-state index in [-0.39, 0.29) is 0 Å². The van der Waals surface area contributed by atoms with Crippen LogP contribution in [0.5, 0.6) is 0 Å². The minimum Gasteiger partial charge on any atom is -0.303 e. The van der Waals surface area contributed by atoms with Gasteiger partial charge in [-0.2, -0.15) is 5.26 Å². The van der Waals surface area contributed by atoms with Crippen molar-refractivity contribution in [2.75, 3.05) is 0 Å². The topological polar surface area (TPSA) is 48.7 Å². The van der Waals surface area contributed by atoms with Gasteiger partial charge in [-0.05, 0) is 12.5 Å². The summed E-state index contributed by atoms with van der Waals surface area (Å²) in [6, 6.07) is 4.39. The van der Waals surface area contributed by atoms with Gasteiger partial charge in [0.2, 0.25) is 0 Å². The molecule has 2 aromatic rings. The van der Waals surface area contributed by atoms with Gasteiger partial charge in [0.05, 0.1) is 11.6 Å². The van der Waals surface area contributed by atoms with E-state index in [2.05, 4.69) is 23.3 Å². The maximum Gasteiger partial charge on any atom is 0.109 e. The van der Waals surface area contributed by atoms with Gasteiger partial charge in [-0.3, -0.25) is 0 Å². The lowest BCUT2D eigenvalue weighted by atomic mass is 10.2. The Bertz CT molecular complexity index is 496. The molecule has 88 valence electrons. The first kappa shape index (κ1) is 12.2. The zero-order valence-electron chi connectivity index (χ0n) is 9.51. The molecule has 0 radical (unpaired) electrons. The number of hydrogen-bond acceptors (Lipinski definition) is 5. The summed E-state index contributed by atoms with van der Waals surface area (Å²) in [5.74, 6) is 0. The third-order valence-corrected chi connectivity index (χ3v) is 4.29. The SMILES string of the molecule is CCC(NCc1cc(C#N)cs1)c1nccs1. The Balaban J connectivity index is 1.95. The molecular formula is C12H13N3S2. The van der Waals surface area contributed by atoms with Gasteiger partial charge in [0.1, 0.15) is 11.1 Å². The molecule has 0 fully saturated rings. The molecule has 0 aromatic carbocycles. The van der Waals surface area contributed by atoms with E-state index in [4.69, 9.17) is 5.26 Å². The predicted molar refractivity (Wildman–Crippen MR) is 71.0 cm³/mol. The molecule has 2 rings (SSSR count). The van der Waals surface area contributed by atoms with Crippen molar-refractivity contribution in [3.63, 3.8) is 0 Å². The molecule has 0 spiro atoms. The molecule has 17 heavy (non-hydrogen) atoms. The van der Waals surface area contributed by atoms with E-state index < -0.39 is 0 Å². The van der Waals surface area contributed by atoms with E-state index >= 15 is 0 Å². The molecular weight excluding hydrogens is 250 g/mol. The number of rotatable bonds is 5. The molecule has 1 unspecified atom stereocenters. The molecule has 1 atom stereocenters. The largest absolute Gasteiger partial charge is 0.303 e. The molecule has 1 N–H and O–H groups in total. The van der Waals surface area contributed by atoms with Crippen LogP contribution in [0.4, 0.5) is 0 Å². The van der Waals surface area contributed by atoms with E-state index in [0.717, 1.165) is 23.5 Å². The molecule has 0 amide bonds. The lowest BCUT2D eigenvalue weighted by Crippen LogP contribution is -2.19. The number of aromatic nitrogens is 1. The molecule has 0 aliphatic rings. The van der Waals surface area contributed by atoms with Crippen molar-refractivity contribution < 1.29 is 0 Å². The van der Waals surface area contributed by atoms with Crippen molar-refractivity contribution in [3.05, 3.63) is 38.5 Å². The first-order valence-corrected chi connectivity index (χ1v) is 7.19. The third-order valence-electron chi connectivity index (χ3n) is 2.46. The molecule has 3 nitrogen and oxygen atoms in total. The van der Waals surface area contributed by atoms with E-state index in [1.807, 2.05) is 23.0 Å². The second-order valence-electron chi connectivity index (χ2n) is 3.63. The van der Waals surface area contributed by atoms with Gasteiger partial charge in [0.15, 0.2) is 0 Å². The number of nitrogens with one attached hydrogen (secondary N) is 1. The van der Waals surface area contributed by atoms with Crippen molar-refractivity contribution in [1.82, 2.24) is 10.3 Å². The van der Waals surface area contributed by atoms with Crippen LogP contribution in [0.1, 0.15) is 34.8 Å². The van der Waals surface area contributed by atoms with Crippen molar-refractivity contribution in [2.24, 2.45) is 0 Å². The summed E-state index contributed by atoms with van der Waals surface area (Å²) in [5, 5.41) is 17.2. The maximum absolute atomic E-state index is 8.75. The van der Waals surface area contributed by atoms with Gasteiger partial charge in [-0.15, -0.1) is 22.7 Å². The quantitative estimate of drug-likeness (QED) is 0.900. The number of nitrogens with zero attached hydrogens (tertiary/aromatic N) is 2. The Kier molecular flexibility index (Phi) is 4.26. The van der Waals surface area contributed by atoms with Crippen LogP contribution >= 0.6 is 22.7 Å². The molecule has 0 aliphatic heterocycles. The highest BCUT2D eigenvalue weighted by Gasteiger charge is 2.11. The van der Waals surface area contributed by atoms with Crippen molar-refractivity contribution in [2.45, 2.75) is 25.9 Å². The standard InChI is InChI=1S/C12H13N3S2/c1-2-11(12-14-3-4-16-12)15-7-10-5-9(6-13)8-17-10/h3-5,8,11,15H,2,7H2,1H3. The highest BCUT2D eigenvalue weighted by atomic mass is 32.1. The van der Waals surface area contributed by atoms with Gasteiger partial charge in [-0.1, -0.05) is 6.92 Å². The van der Waals surface area contributed by atoms with Crippen LogP contribution in [-0.4, -0.2) is 4.98 Å². The zero-order valence-corrected chi connectivity index (χ0v) is 11.1. The van der Waals surface area contributed by atoms with Crippen LogP contribution in [0, 0.1) is 11.3 Å². The highest BCUT2D eigenvalue weighted by molar-refractivity contribution is 7.10. The fourth-order valence-corrected chi connectivity index (χ4v) is 3.13. The summed E-state index contributed by atoms with van der Waals surface area (Å²) in [7, 11) is 0. The van der Waals surface area contributed by atoms with Gasteiger partial charge >= 0.3 is 0 Å². The van der Waals surface area contributed by atoms with Crippen LogP contribution in [-0.2, 0) is 6.54 Å². The molecule has 0 bridgehead atoms. The summed E-state index contributed by atoms with van der Waals surface area (Å²) in [4.78, 5) is 5.52. The Morgan fingerprint density at radius 1 is 1.53 bits per heavy atom. The monoisotopic (exact) mass is 263 g/mol. The molecule has 5 heteroatoms. The van der Waals surface area contributed by atoms with E-state index in [9.17, 15) is 0 Å². The number of thiophene rings is 1. The highest BCUT2D eigenvalue weighted by Crippen LogP contribution is 2.20. The predicted octanol–water partition coefficient (Wildman–Crippen LogP) is 3.32. The van der Waals surface area contributed by atoms with Crippen LogP contribution in [0.2, 0.25) is 0 Å². The minimum atomic E-state index is 0.308. The van der Waals surface area contributed by atoms with Crippen LogP contribution in [0.15, 0.2) is 23.0 Å². The van der Waals surface area contributed by atoms with Gasteiger partial charge < -0.3 is 5.32 Å². The van der Waals surface area contributed by atoms with Crippen molar-refractivity contribution in [1.29, 1.82) is 5.26 Å². The Labute approximate surface area is 109 Å². The Hall–Kier alpha value is -1.22. The zero-order chi connectivity index (χ0) is 12.1. The molecule has 2 heterocycles. The summed E-state index contributed by atoms with van der Waals surface area (Å²) in [5.41, 5.74) is 0.745. The fraction of sp³-hybridized carbons (Fsp3) is 0.333. The second kappa shape index (κ2) is 5.92. The van der Waals surface area contributed by atoms with E-state index in [1.165, 1.54) is 4.88 Å².